The van der Waals surface area contributed by atoms with Crippen molar-refractivity contribution in [3.05, 3.63) is 36.0 Å². The number of unbranched alkanes of at least 4 members (excludes halogenated alkanes) is 1. The Morgan fingerprint density at radius 2 is 2.00 bits per heavy atom. The van der Waals surface area contributed by atoms with Gasteiger partial charge in [-0.2, -0.15) is 0 Å². The predicted molar refractivity (Wildman–Crippen MR) is 75.5 cm³/mol. The summed E-state index contributed by atoms with van der Waals surface area (Å²) in [7, 11) is 0. The Kier molecular flexibility index (Phi) is 4.00. The van der Waals surface area contributed by atoms with Crippen LogP contribution in [0.1, 0.15) is 41.8 Å². The highest BCUT2D eigenvalue weighted by Crippen LogP contribution is 2.21. The average molecular weight is 258 g/mol. The second-order valence-electron chi connectivity index (χ2n) is 4.56. The molecule has 1 aromatic heterocycles. The molecule has 0 aliphatic heterocycles. The second kappa shape index (κ2) is 5.69. The van der Waals surface area contributed by atoms with Crippen molar-refractivity contribution in [1.82, 2.24) is 9.88 Å². The van der Waals surface area contributed by atoms with Crippen LogP contribution in [0, 0.1) is 0 Å². The molecule has 0 bridgehead atoms. The van der Waals surface area contributed by atoms with Gasteiger partial charge < -0.3 is 5.32 Å². The zero-order valence-corrected chi connectivity index (χ0v) is 11.3. The van der Waals surface area contributed by atoms with Crippen molar-refractivity contribution in [3.8, 4) is 0 Å². The largest absolute Gasteiger partial charge is 0.352 e. The lowest BCUT2D eigenvalue weighted by Gasteiger charge is -2.02. The minimum absolute atomic E-state index is 0.0937. The summed E-state index contributed by atoms with van der Waals surface area (Å²) in [5, 5.41) is 3.69. The van der Waals surface area contributed by atoms with E-state index in [1.165, 1.54) is 11.5 Å². The number of rotatable bonds is 4. The summed E-state index contributed by atoms with van der Waals surface area (Å²) in [6, 6.07) is 7.44. The van der Waals surface area contributed by atoms with Gasteiger partial charge in [0.25, 0.3) is 5.91 Å². The van der Waals surface area contributed by atoms with Crippen LogP contribution in [-0.2, 0) is 0 Å². The van der Waals surface area contributed by atoms with Crippen molar-refractivity contribution in [2.45, 2.75) is 26.7 Å². The maximum absolute atomic E-state index is 12.1. The lowest BCUT2D eigenvalue weighted by Crippen LogP contribution is -2.24. The number of hydrogen-bond donors (Lipinski definition) is 1. The molecule has 100 valence electrons. The summed E-state index contributed by atoms with van der Waals surface area (Å²) in [5.41, 5.74) is 1.33. The van der Waals surface area contributed by atoms with Gasteiger partial charge in [0, 0.05) is 25.1 Å². The van der Waals surface area contributed by atoms with Gasteiger partial charge in [0.1, 0.15) is 0 Å². The van der Waals surface area contributed by atoms with E-state index >= 15 is 0 Å². The number of nitrogens with zero attached hydrogens (tertiary/aromatic N) is 1. The van der Waals surface area contributed by atoms with Crippen molar-refractivity contribution in [2.75, 3.05) is 6.54 Å². The van der Waals surface area contributed by atoms with E-state index in [4.69, 9.17) is 0 Å². The van der Waals surface area contributed by atoms with Gasteiger partial charge in [-0.3, -0.25) is 14.2 Å². The summed E-state index contributed by atoms with van der Waals surface area (Å²) in [5.74, 6) is -0.214. The summed E-state index contributed by atoms with van der Waals surface area (Å²) >= 11 is 0. The third-order valence-corrected chi connectivity index (χ3v) is 3.11. The summed E-state index contributed by atoms with van der Waals surface area (Å²) in [6.07, 6.45) is 3.61. The van der Waals surface area contributed by atoms with Crippen molar-refractivity contribution in [2.24, 2.45) is 0 Å². The molecule has 0 aliphatic carbocycles. The number of hydrogen-bond acceptors (Lipinski definition) is 2. The van der Waals surface area contributed by atoms with Gasteiger partial charge >= 0.3 is 0 Å². The molecule has 19 heavy (non-hydrogen) atoms. The predicted octanol–water partition coefficient (Wildman–Crippen LogP) is 2.83. The quantitative estimate of drug-likeness (QED) is 0.857. The molecule has 0 unspecified atom stereocenters. The topological polar surface area (TPSA) is 51.1 Å². The van der Waals surface area contributed by atoms with E-state index in [2.05, 4.69) is 12.2 Å². The lowest BCUT2D eigenvalue weighted by atomic mass is 10.1. The SMILES string of the molecule is CCCCNC(=O)c1cn(C(C)=O)c2ccccc12. The van der Waals surface area contributed by atoms with Crippen LogP contribution in [0.5, 0.6) is 0 Å². The highest BCUT2D eigenvalue weighted by atomic mass is 16.2. The van der Waals surface area contributed by atoms with Crippen LogP contribution in [0.15, 0.2) is 30.5 Å². The molecular formula is C15H18N2O2. The lowest BCUT2D eigenvalue weighted by molar-refractivity contribution is 0.0941. The molecule has 4 nitrogen and oxygen atoms in total. The van der Waals surface area contributed by atoms with Crippen LogP contribution in [-0.4, -0.2) is 22.9 Å². The number of benzene rings is 1. The number of fused-ring (bicyclic) bond motifs is 1. The number of nitrogens with one attached hydrogen (secondary N) is 1. The van der Waals surface area contributed by atoms with Gasteiger partial charge in [0.2, 0.25) is 5.91 Å². The van der Waals surface area contributed by atoms with Crippen molar-refractivity contribution >= 4 is 22.7 Å². The Hall–Kier alpha value is -2.10. The van der Waals surface area contributed by atoms with Gasteiger partial charge in [-0.05, 0) is 12.5 Å². The second-order valence-corrected chi connectivity index (χ2v) is 4.56. The van der Waals surface area contributed by atoms with E-state index < -0.39 is 0 Å². The molecule has 0 fully saturated rings. The third-order valence-electron chi connectivity index (χ3n) is 3.11. The number of para-hydroxylation sites is 1. The monoisotopic (exact) mass is 258 g/mol. The average Bonchev–Trinajstić information content (AvgIpc) is 2.78. The van der Waals surface area contributed by atoms with E-state index in [0.29, 0.717) is 12.1 Å². The van der Waals surface area contributed by atoms with Crippen LogP contribution in [0.4, 0.5) is 0 Å². The van der Waals surface area contributed by atoms with E-state index in [9.17, 15) is 9.59 Å². The molecule has 0 radical (unpaired) electrons. The zero-order chi connectivity index (χ0) is 13.8. The van der Waals surface area contributed by atoms with Crippen LogP contribution >= 0.6 is 0 Å². The molecule has 0 atom stereocenters. The Morgan fingerprint density at radius 1 is 1.26 bits per heavy atom. The fraction of sp³-hybridized carbons (Fsp3) is 0.333. The van der Waals surface area contributed by atoms with Gasteiger partial charge in [-0.1, -0.05) is 31.5 Å². The standard InChI is InChI=1S/C15H18N2O2/c1-3-4-9-16-15(19)13-10-17(11(2)18)14-8-6-5-7-12(13)14/h5-8,10H,3-4,9H2,1-2H3,(H,16,19). The molecular weight excluding hydrogens is 240 g/mol. The van der Waals surface area contributed by atoms with E-state index in [1.807, 2.05) is 24.3 Å². The Morgan fingerprint density at radius 3 is 2.68 bits per heavy atom. The van der Waals surface area contributed by atoms with Gasteiger partial charge in [0.15, 0.2) is 0 Å². The molecule has 1 amide bonds. The Balaban J connectivity index is 2.38. The Labute approximate surface area is 112 Å². The summed E-state index contributed by atoms with van der Waals surface area (Å²) in [6.45, 7) is 4.23. The van der Waals surface area contributed by atoms with Crippen molar-refractivity contribution in [3.63, 3.8) is 0 Å². The van der Waals surface area contributed by atoms with E-state index in [-0.39, 0.29) is 11.8 Å². The van der Waals surface area contributed by atoms with Crippen LogP contribution < -0.4 is 5.32 Å². The first-order valence-corrected chi connectivity index (χ1v) is 6.54. The van der Waals surface area contributed by atoms with Crippen molar-refractivity contribution < 1.29 is 9.59 Å². The minimum Gasteiger partial charge on any atom is -0.352 e. The van der Waals surface area contributed by atoms with Gasteiger partial charge in [-0.15, -0.1) is 0 Å². The first kappa shape index (κ1) is 13.3. The molecule has 4 heteroatoms. The summed E-state index contributed by atoms with van der Waals surface area (Å²) < 4.78 is 1.52. The molecule has 1 heterocycles. The highest BCUT2D eigenvalue weighted by molar-refractivity contribution is 6.09. The first-order chi connectivity index (χ1) is 9.15. The molecule has 0 aliphatic rings. The molecule has 2 rings (SSSR count). The van der Waals surface area contributed by atoms with Crippen LogP contribution in [0.25, 0.3) is 10.9 Å². The third kappa shape index (κ3) is 2.67. The summed E-state index contributed by atoms with van der Waals surface area (Å²) in [4.78, 5) is 23.7. The number of amides is 1. The van der Waals surface area contributed by atoms with Crippen LogP contribution in [0.2, 0.25) is 0 Å². The number of aromatic nitrogens is 1. The van der Waals surface area contributed by atoms with Gasteiger partial charge in [-0.25, -0.2) is 0 Å². The maximum Gasteiger partial charge on any atom is 0.253 e. The van der Waals surface area contributed by atoms with Crippen molar-refractivity contribution in [1.29, 1.82) is 0 Å². The molecule has 0 saturated carbocycles. The smallest absolute Gasteiger partial charge is 0.253 e. The van der Waals surface area contributed by atoms with E-state index in [1.54, 1.807) is 6.20 Å². The molecule has 0 saturated heterocycles. The molecule has 1 aromatic carbocycles. The zero-order valence-electron chi connectivity index (χ0n) is 11.3. The van der Waals surface area contributed by atoms with E-state index in [0.717, 1.165) is 23.7 Å². The maximum atomic E-state index is 12.1. The fourth-order valence-corrected chi connectivity index (χ4v) is 2.10. The molecule has 1 N–H and O–H groups in total. The Bertz CT molecular complexity index is 614. The van der Waals surface area contributed by atoms with Crippen LogP contribution in [0.3, 0.4) is 0 Å². The number of carbonyl (C=O) groups excluding carboxylic acids is 2. The fourth-order valence-electron chi connectivity index (χ4n) is 2.10. The highest BCUT2D eigenvalue weighted by Gasteiger charge is 2.15. The number of carbonyl (C=O) groups is 2. The molecule has 0 spiro atoms. The van der Waals surface area contributed by atoms with Gasteiger partial charge in [0.05, 0.1) is 11.1 Å². The minimum atomic E-state index is -0.121. The normalized spacial score (nSPS) is 10.6. The molecule has 2 aromatic rings. The first-order valence-electron chi connectivity index (χ1n) is 6.54.